The standard InChI is InChI=1S/C87H59N5O.Pt/c1-87(2)77-38-16-19-41-80(77)91(81-42-20-17-39-78(81)87)70-47-48-88-85(56-70)92-79-40-18-15-35-75(79)76-46-45-72(57-84(76)92)93-71-34-23-33-69(55-71)89-58-90(83-44-22-21-43-82(83)89)86-73(67-51-63(59-25-7-3-8-26-59)49-64(52-67)60-27-9-4-10-28-60)36-24-37-74(86)68-53-65(61-29-11-5-12-30-61)50-66(54-68)62-31-13-6-14-32-62;/h3-54,56H,1-2H3;/q-2;. The monoisotopic (exact) mass is 1380 g/mol. The van der Waals surface area contributed by atoms with Gasteiger partial charge < -0.3 is 18.8 Å². The minimum atomic E-state index is -0.184. The van der Waals surface area contributed by atoms with Crippen LogP contribution in [0.3, 0.4) is 0 Å². The van der Waals surface area contributed by atoms with E-state index in [1.807, 2.05) is 24.4 Å². The Kier molecular flexibility index (Phi) is 14.7. The number of imidazole rings is 1. The summed E-state index contributed by atoms with van der Waals surface area (Å²) in [6, 6.07) is 120. The van der Waals surface area contributed by atoms with E-state index in [2.05, 4.69) is 348 Å². The molecule has 0 N–H and O–H groups in total. The molecule has 450 valence electrons. The van der Waals surface area contributed by atoms with E-state index in [4.69, 9.17) is 9.72 Å². The van der Waals surface area contributed by atoms with Crippen LogP contribution >= 0.6 is 0 Å². The Hall–Kier alpha value is -11.4. The fourth-order valence-corrected chi connectivity index (χ4v) is 13.9. The molecule has 4 heterocycles. The second-order valence-electron chi connectivity index (χ2n) is 24.3. The summed E-state index contributed by atoms with van der Waals surface area (Å²) in [5.41, 5.74) is 24.6. The zero-order valence-corrected chi connectivity index (χ0v) is 53.8. The van der Waals surface area contributed by atoms with Gasteiger partial charge in [-0.1, -0.05) is 238 Å². The molecule has 7 heteroatoms. The number of anilines is 3. The molecule has 0 unspecified atom stereocenters. The first-order valence-electron chi connectivity index (χ1n) is 31.6. The first-order valence-corrected chi connectivity index (χ1v) is 31.6. The van der Waals surface area contributed by atoms with Crippen molar-refractivity contribution < 1.29 is 30.4 Å². The molecule has 13 aromatic carbocycles. The Labute approximate surface area is 561 Å². The average molecular weight is 1390 g/mol. The molecule has 1 aliphatic rings. The van der Waals surface area contributed by atoms with Crippen LogP contribution in [0.5, 0.6) is 11.5 Å². The van der Waals surface area contributed by atoms with Gasteiger partial charge in [0, 0.05) is 55.8 Å². The van der Waals surface area contributed by atoms with Crippen LogP contribution in [0.2, 0.25) is 0 Å². The maximum Gasteiger partial charge on any atom is 0.268 e. The number of fused-ring (bicyclic) bond motifs is 6. The van der Waals surface area contributed by atoms with Crippen LogP contribution in [0.1, 0.15) is 25.0 Å². The number of rotatable bonds is 12. The Balaban J connectivity index is 0.00000699. The van der Waals surface area contributed by atoms with Crippen LogP contribution < -0.4 is 14.2 Å². The van der Waals surface area contributed by atoms with E-state index < -0.39 is 0 Å². The summed E-state index contributed by atoms with van der Waals surface area (Å²) in [5, 5.41) is 2.14. The molecule has 0 bridgehead atoms. The van der Waals surface area contributed by atoms with Crippen LogP contribution in [0.4, 0.5) is 17.1 Å². The van der Waals surface area contributed by atoms with E-state index in [0.29, 0.717) is 11.5 Å². The largest absolute Gasteiger partial charge is 0.510 e. The molecule has 0 radical (unpaired) electrons. The van der Waals surface area contributed by atoms with Crippen LogP contribution in [-0.2, 0) is 26.5 Å². The van der Waals surface area contributed by atoms with E-state index in [1.54, 1.807) is 0 Å². The number of aromatic nitrogens is 4. The third kappa shape index (κ3) is 10.2. The van der Waals surface area contributed by atoms with Gasteiger partial charge in [0.05, 0.1) is 33.8 Å². The van der Waals surface area contributed by atoms with Gasteiger partial charge in [-0.3, -0.25) is 4.57 Å². The minimum Gasteiger partial charge on any atom is -0.510 e. The average Bonchev–Trinajstić information content (AvgIpc) is 1.05. The predicted molar refractivity (Wildman–Crippen MR) is 379 cm³/mol. The molecule has 0 amide bonds. The molecule has 0 aliphatic carbocycles. The minimum absolute atomic E-state index is 0. The third-order valence-corrected chi connectivity index (χ3v) is 18.4. The number of pyridine rings is 1. The number of hydrogen-bond acceptors (Lipinski definition) is 3. The predicted octanol–water partition coefficient (Wildman–Crippen LogP) is 21.7. The Bertz CT molecular complexity index is 5210. The molecule has 0 atom stereocenters. The Morgan fingerprint density at radius 3 is 1.45 bits per heavy atom. The molecule has 0 spiro atoms. The number of para-hydroxylation sites is 6. The van der Waals surface area contributed by atoms with Crippen molar-refractivity contribution in [3.05, 3.63) is 351 Å². The fraction of sp³-hybridized carbons (Fsp3) is 0.0345. The van der Waals surface area contributed by atoms with Crippen molar-refractivity contribution in [3.8, 4) is 95.5 Å². The van der Waals surface area contributed by atoms with Gasteiger partial charge in [0.15, 0.2) is 0 Å². The quantitative estimate of drug-likeness (QED) is 0.0904. The summed E-state index contributed by atoms with van der Waals surface area (Å²) in [7, 11) is 0. The molecular weight excluding hydrogens is 1330 g/mol. The zero-order chi connectivity index (χ0) is 62.0. The van der Waals surface area contributed by atoms with Crippen molar-refractivity contribution in [1.82, 2.24) is 14.1 Å². The molecule has 6 nitrogen and oxygen atoms in total. The fourth-order valence-electron chi connectivity index (χ4n) is 13.9. The normalized spacial score (nSPS) is 12.3. The van der Waals surface area contributed by atoms with Gasteiger partial charge in [-0.2, -0.15) is 18.2 Å². The molecule has 17 rings (SSSR count). The third-order valence-electron chi connectivity index (χ3n) is 18.4. The summed E-state index contributed by atoms with van der Waals surface area (Å²) < 4.78 is 13.5. The van der Waals surface area contributed by atoms with Gasteiger partial charge >= 0.3 is 0 Å². The zero-order valence-electron chi connectivity index (χ0n) is 51.6. The molecular formula is C87H59N5OPt-2. The smallest absolute Gasteiger partial charge is 0.268 e. The number of benzene rings is 13. The SMILES string of the molecule is CC1(C)c2ccccc2N(c2ccnc(-n3c4[c-]c(Oc5[c-]c(-n6[c-][n+](-c7c(-c8cc(-c9ccccc9)cc(-c9ccccc9)c8)cccc7-c7cc(-c8ccccc8)cc(-c8ccccc8)c7)c7ccccc76)ccc5)ccc4c4ccccc43)c2)c2ccccc21.[Pt]. The number of ether oxygens (including phenoxy) is 1. The van der Waals surface area contributed by atoms with Gasteiger partial charge in [0.2, 0.25) is 0 Å². The van der Waals surface area contributed by atoms with Gasteiger partial charge in [-0.05, 0) is 150 Å². The van der Waals surface area contributed by atoms with E-state index >= 15 is 0 Å². The Morgan fingerprint density at radius 1 is 0.394 bits per heavy atom. The van der Waals surface area contributed by atoms with Crippen molar-refractivity contribution in [1.29, 1.82) is 0 Å². The van der Waals surface area contributed by atoms with Crippen LogP contribution in [0, 0.1) is 18.5 Å². The van der Waals surface area contributed by atoms with Gasteiger partial charge in [0.1, 0.15) is 5.82 Å². The summed E-state index contributed by atoms with van der Waals surface area (Å²) in [4.78, 5) is 7.47. The summed E-state index contributed by atoms with van der Waals surface area (Å²) >= 11 is 0. The molecule has 0 fully saturated rings. The van der Waals surface area contributed by atoms with E-state index in [0.717, 1.165) is 134 Å². The van der Waals surface area contributed by atoms with Crippen LogP contribution in [0.25, 0.3) is 117 Å². The van der Waals surface area contributed by atoms with Crippen molar-refractivity contribution in [2.24, 2.45) is 0 Å². The maximum absolute atomic E-state index is 6.91. The maximum atomic E-state index is 6.91. The molecule has 0 saturated carbocycles. The summed E-state index contributed by atoms with van der Waals surface area (Å²) in [5.74, 6) is 1.86. The van der Waals surface area contributed by atoms with Gasteiger partial charge in [-0.25, -0.2) is 4.98 Å². The van der Waals surface area contributed by atoms with E-state index in [-0.39, 0.29) is 26.5 Å². The van der Waals surface area contributed by atoms with Gasteiger partial charge in [-0.15, -0.1) is 29.7 Å². The van der Waals surface area contributed by atoms with Crippen molar-refractivity contribution >= 4 is 49.9 Å². The molecule has 3 aromatic heterocycles. The van der Waals surface area contributed by atoms with Crippen LogP contribution in [0.15, 0.2) is 322 Å². The second kappa shape index (κ2) is 24.0. The van der Waals surface area contributed by atoms with Crippen molar-refractivity contribution in [2.75, 3.05) is 4.90 Å². The topological polar surface area (TPSA) is 39.1 Å². The first-order chi connectivity index (χ1) is 45.9. The number of hydrogen-bond donors (Lipinski definition) is 0. The van der Waals surface area contributed by atoms with Gasteiger partial charge in [0.25, 0.3) is 6.33 Å². The molecule has 94 heavy (non-hydrogen) atoms. The second-order valence-corrected chi connectivity index (χ2v) is 24.3. The molecule has 0 saturated heterocycles. The molecule has 1 aliphatic heterocycles. The molecule has 16 aromatic rings. The Morgan fingerprint density at radius 2 is 0.872 bits per heavy atom. The number of nitrogens with zero attached hydrogens (tertiary/aromatic N) is 5. The van der Waals surface area contributed by atoms with E-state index in [9.17, 15) is 0 Å². The van der Waals surface area contributed by atoms with E-state index in [1.165, 1.54) is 11.1 Å². The summed E-state index contributed by atoms with van der Waals surface area (Å²) in [6.07, 6.45) is 5.87. The summed E-state index contributed by atoms with van der Waals surface area (Å²) in [6.45, 7) is 4.63. The van der Waals surface area contributed by atoms with Crippen molar-refractivity contribution in [2.45, 2.75) is 19.3 Å². The van der Waals surface area contributed by atoms with Crippen molar-refractivity contribution in [3.63, 3.8) is 0 Å². The first kappa shape index (κ1) is 57.7. The van der Waals surface area contributed by atoms with Crippen LogP contribution in [-0.4, -0.2) is 14.1 Å².